The van der Waals surface area contributed by atoms with E-state index in [1.165, 1.54) is 13.8 Å². The van der Waals surface area contributed by atoms with E-state index in [9.17, 15) is 26.8 Å². The molecule has 0 radical (unpaired) electrons. The molecule has 2 rings (SSSR count). The molecule has 0 aliphatic carbocycles. The Morgan fingerprint density at radius 1 is 1.31 bits per heavy atom. The average Bonchev–Trinajstić information content (AvgIpc) is 2.82. The number of benzene rings is 1. The molecule has 10 heteroatoms. The highest BCUT2D eigenvalue weighted by atomic mass is 32.2. The Hall–Kier alpha value is -2.49. The van der Waals surface area contributed by atoms with Gasteiger partial charge in [-0.2, -0.15) is 0 Å². The van der Waals surface area contributed by atoms with E-state index in [1.807, 2.05) is 0 Å². The third-order valence-electron chi connectivity index (χ3n) is 3.92. The summed E-state index contributed by atoms with van der Waals surface area (Å²) in [4.78, 5) is 24.1. The number of ether oxygens (including phenoxy) is 2. The first-order chi connectivity index (χ1) is 11.9. The molecule has 0 N–H and O–H groups in total. The summed E-state index contributed by atoms with van der Waals surface area (Å²) in [6, 6.07) is 2.69. The van der Waals surface area contributed by atoms with E-state index in [0.717, 1.165) is 32.2 Å². The van der Waals surface area contributed by atoms with Crippen LogP contribution in [0.2, 0.25) is 0 Å². The molecule has 0 fully saturated rings. The van der Waals surface area contributed by atoms with Crippen molar-refractivity contribution in [2.75, 3.05) is 12.8 Å². The Labute approximate surface area is 149 Å². The van der Waals surface area contributed by atoms with Crippen LogP contribution in [-0.4, -0.2) is 37.3 Å². The van der Waals surface area contributed by atoms with Gasteiger partial charge in [0, 0.05) is 19.5 Å². The van der Waals surface area contributed by atoms with Crippen LogP contribution < -0.4 is 0 Å². The van der Waals surface area contributed by atoms with E-state index < -0.39 is 50.7 Å². The molecule has 7 nitrogen and oxygen atoms in total. The van der Waals surface area contributed by atoms with Crippen LogP contribution >= 0.6 is 0 Å². The lowest BCUT2D eigenvalue weighted by molar-refractivity contribution is -0.142. The molecule has 0 aromatic heterocycles. The van der Waals surface area contributed by atoms with Crippen LogP contribution in [-0.2, 0) is 34.7 Å². The van der Waals surface area contributed by atoms with Gasteiger partial charge in [-0.05, 0) is 26.0 Å². The zero-order valence-corrected chi connectivity index (χ0v) is 15.3. The molecule has 1 unspecified atom stereocenters. The zero-order valence-electron chi connectivity index (χ0n) is 14.5. The first kappa shape index (κ1) is 19.8. The summed E-state index contributed by atoms with van der Waals surface area (Å²) in [6.07, 6.45) is 0. The van der Waals surface area contributed by atoms with Crippen LogP contribution in [0.15, 0.2) is 29.8 Å². The van der Waals surface area contributed by atoms with Crippen molar-refractivity contribution in [1.82, 2.24) is 4.31 Å². The number of ketones is 1. The van der Waals surface area contributed by atoms with E-state index in [4.69, 9.17) is 9.47 Å². The smallest absolute Gasteiger partial charge is 0.308 e. The predicted molar refractivity (Wildman–Crippen MR) is 85.8 cm³/mol. The quantitative estimate of drug-likeness (QED) is 0.714. The number of hydrogen-bond donors (Lipinski definition) is 0. The van der Waals surface area contributed by atoms with Gasteiger partial charge in [-0.15, -0.1) is 0 Å². The van der Waals surface area contributed by atoms with Crippen molar-refractivity contribution in [2.24, 2.45) is 0 Å². The summed E-state index contributed by atoms with van der Waals surface area (Å²) >= 11 is 0. The Morgan fingerprint density at radius 2 is 1.92 bits per heavy atom. The monoisotopic (exact) mass is 389 g/mol. The summed E-state index contributed by atoms with van der Waals surface area (Å²) < 4.78 is 62.1. The molecular weight excluding hydrogens is 372 g/mol. The number of esters is 1. The first-order valence-electron chi connectivity index (χ1n) is 7.52. The molecule has 1 heterocycles. The van der Waals surface area contributed by atoms with Crippen LogP contribution in [0.5, 0.6) is 0 Å². The van der Waals surface area contributed by atoms with Gasteiger partial charge in [0.25, 0.3) is 11.7 Å². The Kier molecular flexibility index (Phi) is 5.09. The highest BCUT2D eigenvalue weighted by Crippen LogP contribution is 2.41. The molecule has 0 bridgehead atoms. The van der Waals surface area contributed by atoms with Gasteiger partial charge in [-0.3, -0.25) is 9.59 Å². The van der Waals surface area contributed by atoms with Gasteiger partial charge in [-0.25, -0.2) is 21.5 Å². The van der Waals surface area contributed by atoms with E-state index >= 15 is 0 Å². The van der Waals surface area contributed by atoms with Crippen molar-refractivity contribution >= 4 is 21.8 Å². The van der Waals surface area contributed by atoms with E-state index in [1.54, 1.807) is 0 Å². The second kappa shape index (κ2) is 6.67. The molecule has 1 aromatic rings. The highest BCUT2D eigenvalue weighted by Gasteiger charge is 2.51. The van der Waals surface area contributed by atoms with E-state index in [2.05, 4.69) is 0 Å². The van der Waals surface area contributed by atoms with Gasteiger partial charge < -0.3 is 9.47 Å². The van der Waals surface area contributed by atoms with Gasteiger partial charge in [0.2, 0.25) is 15.8 Å². The lowest BCUT2D eigenvalue weighted by Gasteiger charge is -2.26. The average molecular weight is 389 g/mol. The maximum absolute atomic E-state index is 13.6. The number of carbonyl (C=O) groups is 2. The molecular formula is C16H17F2NO6S. The van der Waals surface area contributed by atoms with Gasteiger partial charge in [-0.1, -0.05) is 6.07 Å². The van der Waals surface area contributed by atoms with Crippen LogP contribution in [0.4, 0.5) is 8.78 Å². The number of sulfonamides is 1. The predicted octanol–water partition coefficient (Wildman–Crippen LogP) is 1.79. The SMILES string of the molecule is CCS(=O)(=O)N(C)C1=C(OC(C)=O)C(=O)C(C)(c2ccc(F)c(F)c2)O1. The minimum absolute atomic E-state index is 0.0663. The van der Waals surface area contributed by atoms with E-state index in [0.29, 0.717) is 4.31 Å². The largest absolute Gasteiger partial charge is 0.456 e. The summed E-state index contributed by atoms with van der Waals surface area (Å²) in [7, 11) is -2.72. The van der Waals surface area contributed by atoms with Crippen LogP contribution in [0, 0.1) is 11.6 Å². The molecule has 1 aliphatic rings. The molecule has 0 amide bonds. The number of halogens is 2. The molecule has 1 aliphatic heterocycles. The Balaban J connectivity index is 2.58. The molecule has 1 aromatic carbocycles. The number of carbonyl (C=O) groups excluding carboxylic acids is 2. The lowest BCUT2D eigenvalue weighted by Crippen LogP contribution is -2.33. The van der Waals surface area contributed by atoms with Crippen molar-refractivity contribution in [1.29, 1.82) is 0 Å². The number of Topliss-reactive ketones (excluding diaryl/α,β-unsaturated/α-hetero) is 1. The van der Waals surface area contributed by atoms with Crippen LogP contribution in [0.25, 0.3) is 0 Å². The first-order valence-corrected chi connectivity index (χ1v) is 9.13. The standard InChI is InChI=1S/C16H17F2NO6S/c1-5-26(22,23)19(4)15-13(24-9(2)20)14(21)16(3,25-15)10-6-7-11(17)12(18)8-10/h6-8H,5H2,1-4H3. The summed E-state index contributed by atoms with van der Waals surface area (Å²) in [6.45, 7) is 3.65. The topological polar surface area (TPSA) is 90.0 Å². The number of rotatable bonds is 5. The van der Waals surface area contributed by atoms with Gasteiger partial charge in [0.05, 0.1) is 5.75 Å². The maximum atomic E-state index is 13.6. The maximum Gasteiger partial charge on any atom is 0.308 e. The van der Waals surface area contributed by atoms with E-state index in [-0.39, 0.29) is 11.3 Å². The van der Waals surface area contributed by atoms with Gasteiger partial charge in [0.1, 0.15) is 0 Å². The minimum atomic E-state index is -3.85. The molecule has 1 atom stereocenters. The normalized spacial score (nSPS) is 20.2. The lowest BCUT2D eigenvalue weighted by atomic mass is 9.91. The second-order valence-corrected chi connectivity index (χ2v) is 7.98. The van der Waals surface area contributed by atoms with Gasteiger partial charge in [0.15, 0.2) is 17.2 Å². The molecule has 142 valence electrons. The minimum Gasteiger partial charge on any atom is -0.456 e. The second-order valence-electron chi connectivity index (χ2n) is 5.69. The van der Waals surface area contributed by atoms with Crippen molar-refractivity contribution in [3.8, 4) is 0 Å². The van der Waals surface area contributed by atoms with Crippen molar-refractivity contribution < 1.29 is 36.3 Å². The van der Waals surface area contributed by atoms with Crippen LogP contribution in [0.3, 0.4) is 0 Å². The molecule has 26 heavy (non-hydrogen) atoms. The summed E-state index contributed by atoms with van der Waals surface area (Å²) in [5.41, 5.74) is -1.96. The van der Waals surface area contributed by atoms with Crippen LogP contribution in [0.1, 0.15) is 26.3 Å². The summed E-state index contributed by atoms with van der Waals surface area (Å²) in [5, 5.41) is 0. The highest BCUT2D eigenvalue weighted by molar-refractivity contribution is 7.89. The molecule has 0 spiro atoms. The third-order valence-corrected chi connectivity index (χ3v) is 5.65. The Bertz CT molecular complexity index is 911. The number of hydrogen-bond acceptors (Lipinski definition) is 6. The van der Waals surface area contributed by atoms with Crippen molar-refractivity contribution in [3.63, 3.8) is 0 Å². The van der Waals surface area contributed by atoms with Crippen molar-refractivity contribution in [2.45, 2.75) is 26.4 Å². The molecule has 0 saturated heterocycles. The fourth-order valence-corrected chi connectivity index (χ4v) is 3.10. The fourth-order valence-electron chi connectivity index (χ4n) is 2.34. The third kappa shape index (κ3) is 3.28. The Morgan fingerprint density at radius 3 is 2.42 bits per heavy atom. The van der Waals surface area contributed by atoms with Gasteiger partial charge >= 0.3 is 5.97 Å². The number of nitrogens with zero attached hydrogens (tertiary/aromatic N) is 1. The summed E-state index contributed by atoms with van der Waals surface area (Å²) in [5.74, 6) is -5.53. The fraction of sp³-hybridized carbons (Fsp3) is 0.375. The van der Waals surface area contributed by atoms with Crippen molar-refractivity contribution in [3.05, 3.63) is 47.0 Å². The zero-order chi connectivity index (χ0) is 19.9. The molecule has 0 saturated carbocycles.